The number of hydrogen-bond acceptors (Lipinski definition) is 1. The highest BCUT2D eigenvalue weighted by Gasteiger charge is 2.14. The third-order valence-electron chi connectivity index (χ3n) is 2.59. The van der Waals surface area contributed by atoms with E-state index in [1.54, 1.807) is 0 Å². The van der Waals surface area contributed by atoms with Gasteiger partial charge in [-0.3, -0.25) is 0 Å². The highest BCUT2D eigenvalue weighted by molar-refractivity contribution is 9.10. The molecule has 2 rings (SSSR count). The van der Waals surface area contributed by atoms with E-state index in [0.29, 0.717) is 0 Å². The van der Waals surface area contributed by atoms with Gasteiger partial charge < -0.3 is 5.32 Å². The monoisotopic (exact) mass is 383 g/mol. The standard InChI is InChI=1S/C13H7BrCl2F3N/c14-8-1-2-11(18)7(12(8)19)5-20-13-9(15)3-6(17)4-10(13)16/h1-4,20H,5H2. The average molecular weight is 385 g/mol. The van der Waals surface area contributed by atoms with Crippen molar-refractivity contribution in [2.24, 2.45) is 0 Å². The molecule has 2 aromatic carbocycles. The molecule has 0 heterocycles. The molecule has 2 aromatic rings. The Morgan fingerprint density at radius 2 is 1.65 bits per heavy atom. The summed E-state index contributed by atoms with van der Waals surface area (Å²) in [5, 5.41) is 2.77. The molecule has 0 fully saturated rings. The van der Waals surface area contributed by atoms with Crippen LogP contribution in [-0.2, 0) is 6.54 Å². The van der Waals surface area contributed by atoms with E-state index in [1.807, 2.05) is 0 Å². The summed E-state index contributed by atoms with van der Waals surface area (Å²) in [7, 11) is 0. The highest BCUT2D eigenvalue weighted by atomic mass is 79.9. The summed E-state index contributed by atoms with van der Waals surface area (Å²) < 4.78 is 40.5. The lowest BCUT2D eigenvalue weighted by Crippen LogP contribution is -2.06. The van der Waals surface area contributed by atoms with Crippen molar-refractivity contribution in [1.29, 1.82) is 0 Å². The molecule has 7 heteroatoms. The van der Waals surface area contributed by atoms with Crippen LogP contribution in [0.4, 0.5) is 18.9 Å². The number of hydrogen-bond donors (Lipinski definition) is 1. The van der Waals surface area contributed by atoms with Gasteiger partial charge in [-0.05, 0) is 40.2 Å². The first-order chi connectivity index (χ1) is 9.40. The van der Waals surface area contributed by atoms with E-state index in [2.05, 4.69) is 21.2 Å². The van der Waals surface area contributed by atoms with Crippen molar-refractivity contribution in [2.75, 3.05) is 5.32 Å². The first-order valence-corrected chi connectivity index (χ1v) is 6.96. The average Bonchev–Trinajstić information content (AvgIpc) is 2.36. The third kappa shape index (κ3) is 3.22. The number of benzene rings is 2. The van der Waals surface area contributed by atoms with Gasteiger partial charge >= 0.3 is 0 Å². The molecule has 0 spiro atoms. The van der Waals surface area contributed by atoms with Gasteiger partial charge in [0.1, 0.15) is 17.5 Å². The fourth-order valence-corrected chi connectivity index (χ4v) is 2.58. The summed E-state index contributed by atoms with van der Waals surface area (Å²) in [6.45, 7) is -0.178. The fraction of sp³-hybridized carbons (Fsp3) is 0.0769. The minimum Gasteiger partial charge on any atom is -0.378 e. The molecular weight excluding hydrogens is 378 g/mol. The SMILES string of the molecule is Fc1cc(Cl)c(NCc2c(F)ccc(Br)c2F)c(Cl)c1. The third-order valence-corrected chi connectivity index (χ3v) is 3.80. The Hall–Kier alpha value is -0.910. The second-order valence-corrected chi connectivity index (χ2v) is 5.59. The molecule has 0 bridgehead atoms. The van der Waals surface area contributed by atoms with Crippen molar-refractivity contribution in [3.05, 3.63) is 61.8 Å². The molecule has 0 aliphatic rings. The van der Waals surface area contributed by atoms with E-state index in [9.17, 15) is 13.2 Å². The van der Waals surface area contributed by atoms with Crippen LogP contribution in [0.5, 0.6) is 0 Å². The topological polar surface area (TPSA) is 12.0 Å². The summed E-state index contributed by atoms with van der Waals surface area (Å²) >= 11 is 14.6. The van der Waals surface area contributed by atoms with E-state index in [1.165, 1.54) is 6.07 Å². The maximum absolute atomic E-state index is 13.8. The Labute approximate surface area is 131 Å². The lowest BCUT2D eigenvalue weighted by atomic mass is 10.2. The molecule has 0 atom stereocenters. The van der Waals surface area contributed by atoms with Gasteiger partial charge in [0.2, 0.25) is 0 Å². The largest absolute Gasteiger partial charge is 0.378 e. The van der Waals surface area contributed by atoms with E-state index in [-0.39, 0.29) is 32.3 Å². The van der Waals surface area contributed by atoms with E-state index >= 15 is 0 Å². The zero-order valence-corrected chi connectivity index (χ0v) is 12.9. The highest BCUT2D eigenvalue weighted by Crippen LogP contribution is 2.32. The van der Waals surface area contributed by atoms with Crippen LogP contribution in [0.25, 0.3) is 0 Å². The van der Waals surface area contributed by atoms with Crippen molar-refractivity contribution < 1.29 is 13.2 Å². The Bertz CT molecular complexity index is 641. The molecule has 106 valence electrons. The number of halogens is 6. The summed E-state index contributed by atoms with van der Waals surface area (Å²) in [6.07, 6.45) is 0. The maximum Gasteiger partial charge on any atom is 0.145 e. The van der Waals surface area contributed by atoms with Crippen LogP contribution in [0.2, 0.25) is 10.0 Å². The quantitative estimate of drug-likeness (QED) is 0.661. The molecule has 0 aromatic heterocycles. The first kappa shape index (κ1) is 15.5. The van der Waals surface area contributed by atoms with Crippen LogP contribution in [0, 0.1) is 17.5 Å². The second-order valence-electron chi connectivity index (χ2n) is 3.92. The zero-order valence-electron chi connectivity index (χ0n) is 9.78. The van der Waals surface area contributed by atoms with Crippen molar-refractivity contribution >= 4 is 44.8 Å². The van der Waals surface area contributed by atoms with Gasteiger partial charge in [-0.15, -0.1) is 0 Å². The van der Waals surface area contributed by atoms with Crippen molar-refractivity contribution in [3.63, 3.8) is 0 Å². The second kappa shape index (κ2) is 6.24. The number of rotatable bonds is 3. The Morgan fingerprint density at radius 3 is 2.25 bits per heavy atom. The number of anilines is 1. The molecule has 0 aliphatic heterocycles. The van der Waals surface area contributed by atoms with Crippen LogP contribution in [0.3, 0.4) is 0 Å². The van der Waals surface area contributed by atoms with Gasteiger partial charge in [0, 0.05) is 12.1 Å². The maximum atomic E-state index is 13.8. The molecule has 0 saturated carbocycles. The molecule has 0 aliphatic carbocycles. The van der Waals surface area contributed by atoms with Crippen LogP contribution in [0.1, 0.15) is 5.56 Å². The molecule has 0 radical (unpaired) electrons. The van der Waals surface area contributed by atoms with Gasteiger partial charge in [-0.1, -0.05) is 23.2 Å². The fourth-order valence-electron chi connectivity index (χ4n) is 1.62. The lowest BCUT2D eigenvalue weighted by Gasteiger charge is -2.12. The van der Waals surface area contributed by atoms with Crippen LogP contribution >= 0.6 is 39.1 Å². The lowest BCUT2D eigenvalue weighted by molar-refractivity contribution is 0.555. The predicted molar refractivity (Wildman–Crippen MR) is 77.8 cm³/mol. The summed E-state index contributed by atoms with van der Waals surface area (Å²) in [5.74, 6) is -2.01. The first-order valence-electron chi connectivity index (χ1n) is 5.41. The Kier molecular flexibility index (Phi) is 4.83. The van der Waals surface area contributed by atoms with Gasteiger partial charge in [-0.2, -0.15) is 0 Å². The minimum absolute atomic E-state index is 0.0332. The van der Waals surface area contributed by atoms with E-state index < -0.39 is 17.5 Å². The normalized spacial score (nSPS) is 10.7. The molecule has 20 heavy (non-hydrogen) atoms. The molecule has 0 amide bonds. The van der Waals surface area contributed by atoms with Gasteiger partial charge in [-0.25, -0.2) is 13.2 Å². The zero-order chi connectivity index (χ0) is 14.9. The number of nitrogens with one attached hydrogen (secondary N) is 1. The Morgan fingerprint density at radius 1 is 1.05 bits per heavy atom. The minimum atomic E-state index is -0.716. The summed E-state index contributed by atoms with van der Waals surface area (Å²) in [6, 6.07) is 4.52. The van der Waals surface area contributed by atoms with Crippen LogP contribution in [0.15, 0.2) is 28.7 Å². The Balaban J connectivity index is 2.28. The van der Waals surface area contributed by atoms with Crippen LogP contribution < -0.4 is 5.32 Å². The summed E-state index contributed by atoms with van der Waals surface area (Å²) in [4.78, 5) is 0. The smallest absolute Gasteiger partial charge is 0.145 e. The van der Waals surface area contributed by atoms with Gasteiger partial charge in [0.05, 0.1) is 20.2 Å². The predicted octanol–water partition coefficient (Wildman–Crippen LogP) is 5.79. The van der Waals surface area contributed by atoms with E-state index in [0.717, 1.165) is 18.2 Å². The van der Waals surface area contributed by atoms with Gasteiger partial charge in [0.15, 0.2) is 0 Å². The van der Waals surface area contributed by atoms with Crippen molar-refractivity contribution in [3.8, 4) is 0 Å². The molecule has 1 N–H and O–H groups in total. The van der Waals surface area contributed by atoms with Crippen molar-refractivity contribution in [1.82, 2.24) is 0 Å². The molecular formula is C13H7BrCl2F3N. The molecule has 1 nitrogen and oxygen atoms in total. The van der Waals surface area contributed by atoms with E-state index in [4.69, 9.17) is 23.2 Å². The molecule has 0 unspecified atom stereocenters. The van der Waals surface area contributed by atoms with Crippen LogP contribution in [-0.4, -0.2) is 0 Å². The van der Waals surface area contributed by atoms with Gasteiger partial charge in [0.25, 0.3) is 0 Å². The molecule has 0 saturated heterocycles. The van der Waals surface area contributed by atoms with Crippen molar-refractivity contribution in [2.45, 2.75) is 6.54 Å². The summed E-state index contributed by atoms with van der Waals surface area (Å²) in [5.41, 5.74) is 0.0457.